The predicted octanol–water partition coefficient (Wildman–Crippen LogP) is 3.61. The first-order valence-electron chi connectivity index (χ1n) is 6.19. The number of benzene rings is 1. The average Bonchev–Trinajstić information content (AvgIpc) is 2.39. The summed E-state index contributed by atoms with van der Waals surface area (Å²) in [5.74, 6) is 1.06. The number of halogens is 1. The minimum absolute atomic E-state index is 0.893. The van der Waals surface area contributed by atoms with E-state index in [0.29, 0.717) is 0 Å². The summed E-state index contributed by atoms with van der Waals surface area (Å²) in [5.41, 5.74) is 3.67. The highest BCUT2D eigenvalue weighted by molar-refractivity contribution is 6.31. The van der Waals surface area contributed by atoms with Crippen LogP contribution in [0.3, 0.4) is 0 Å². The highest BCUT2D eigenvalue weighted by Crippen LogP contribution is 2.28. The van der Waals surface area contributed by atoms with E-state index in [1.54, 1.807) is 0 Å². The zero-order valence-electron chi connectivity index (χ0n) is 10.4. The summed E-state index contributed by atoms with van der Waals surface area (Å²) in [6, 6.07) is 12.3. The summed E-state index contributed by atoms with van der Waals surface area (Å²) in [4.78, 5) is 6.90. The Bertz CT molecular complexity index is 580. The Morgan fingerprint density at radius 2 is 2.00 bits per heavy atom. The van der Waals surface area contributed by atoms with Crippen LogP contribution in [0, 0.1) is 6.92 Å². The van der Waals surface area contributed by atoms with Crippen molar-refractivity contribution < 1.29 is 0 Å². The maximum absolute atomic E-state index is 6.23. The van der Waals surface area contributed by atoms with E-state index in [-0.39, 0.29) is 0 Å². The van der Waals surface area contributed by atoms with Crippen molar-refractivity contribution in [2.45, 2.75) is 19.9 Å². The molecular formula is C15H15ClN2. The molecule has 0 spiro atoms. The molecule has 1 aliphatic heterocycles. The molecule has 3 rings (SSSR count). The second-order valence-corrected chi connectivity index (χ2v) is 5.09. The number of nitrogens with zero attached hydrogens (tertiary/aromatic N) is 2. The van der Waals surface area contributed by atoms with Crippen LogP contribution in [0.5, 0.6) is 0 Å². The first-order valence-corrected chi connectivity index (χ1v) is 6.57. The van der Waals surface area contributed by atoms with Crippen molar-refractivity contribution in [1.82, 2.24) is 4.98 Å². The smallest absolute Gasteiger partial charge is 0.129 e. The lowest BCUT2D eigenvalue weighted by atomic mass is 10.00. The van der Waals surface area contributed by atoms with E-state index >= 15 is 0 Å². The number of pyridine rings is 1. The Labute approximate surface area is 112 Å². The monoisotopic (exact) mass is 258 g/mol. The third-order valence-electron chi connectivity index (χ3n) is 3.41. The van der Waals surface area contributed by atoms with Gasteiger partial charge in [0.2, 0.25) is 0 Å². The van der Waals surface area contributed by atoms with Crippen molar-refractivity contribution in [2.24, 2.45) is 0 Å². The van der Waals surface area contributed by atoms with Crippen LogP contribution >= 0.6 is 11.6 Å². The van der Waals surface area contributed by atoms with Gasteiger partial charge in [-0.3, -0.25) is 0 Å². The first-order chi connectivity index (χ1) is 8.74. The van der Waals surface area contributed by atoms with Gasteiger partial charge in [-0.1, -0.05) is 29.8 Å². The molecule has 0 amide bonds. The molecule has 0 N–H and O–H groups in total. The van der Waals surface area contributed by atoms with E-state index in [1.807, 2.05) is 25.1 Å². The van der Waals surface area contributed by atoms with Crippen LogP contribution < -0.4 is 4.90 Å². The summed E-state index contributed by atoms with van der Waals surface area (Å²) >= 11 is 6.23. The zero-order chi connectivity index (χ0) is 12.5. The SMILES string of the molecule is Cc1cccc(N2CCc3c(Cl)cccc3C2)n1. The van der Waals surface area contributed by atoms with Crippen molar-refractivity contribution >= 4 is 17.4 Å². The molecule has 0 saturated heterocycles. The highest BCUT2D eigenvalue weighted by atomic mass is 35.5. The summed E-state index contributed by atoms with van der Waals surface area (Å²) in [7, 11) is 0. The molecule has 0 fully saturated rings. The molecule has 92 valence electrons. The molecule has 0 aliphatic carbocycles. The Morgan fingerprint density at radius 3 is 2.83 bits per heavy atom. The van der Waals surface area contributed by atoms with Gasteiger partial charge < -0.3 is 4.90 Å². The molecule has 0 unspecified atom stereocenters. The van der Waals surface area contributed by atoms with E-state index in [2.05, 4.69) is 28.1 Å². The molecule has 0 atom stereocenters. The van der Waals surface area contributed by atoms with E-state index in [4.69, 9.17) is 11.6 Å². The lowest BCUT2D eigenvalue weighted by Crippen LogP contribution is -2.31. The second kappa shape index (κ2) is 4.62. The minimum atomic E-state index is 0.893. The number of hydrogen-bond donors (Lipinski definition) is 0. The molecule has 18 heavy (non-hydrogen) atoms. The van der Waals surface area contributed by atoms with Crippen LogP contribution in [0.1, 0.15) is 16.8 Å². The van der Waals surface area contributed by atoms with Gasteiger partial charge >= 0.3 is 0 Å². The van der Waals surface area contributed by atoms with E-state index in [1.165, 1.54) is 11.1 Å². The van der Waals surface area contributed by atoms with Crippen LogP contribution in [0.15, 0.2) is 36.4 Å². The van der Waals surface area contributed by atoms with Crippen LogP contribution in [-0.2, 0) is 13.0 Å². The van der Waals surface area contributed by atoms with Gasteiger partial charge in [0.15, 0.2) is 0 Å². The maximum atomic E-state index is 6.23. The van der Waals surface area contributed by atoms with Crippen LogP contribution in [0.25, 0.3) is 0 Å². The Kier molecular flexibility index (Phi) is 2.96. The van der Waals surface area contributed by atoms with Crippen molar-refractivity contribution in [3.63, 3.8) is 0 Å². The quantitative estimate of drug-likeness (QED) is 0.777. The number of hydrogen-bond acceptors (Lipinski definition) is 2. The zero-order valence-corrected chi connectivity index (χ0v) is 11.1. The lowest BCUT2D eigenvalue weighted by molar-refractivity contribution is 0.720. The summed E-state index contributed by atoms with van der Waals surface area (Å²) in [5, 5.41) is 0.893. The van der Waals surface area contributed by atoms with E-state index < -0.39 is 0 Å². The van der Waals surface area contributed by atoms with Gasteiger partial charge in [-0.25, -0.2) is 4.98 Å². The third-order valence-corrected chi connectivity index (χ3v) is 3.76. The van der Waals surface area contributed by atoms with Crippen LogP contribution in [0.4, 0.5) is 5.82 Å². The normalized spacial score (nSPS) is 14.4. The molecule has 2 aromatic rings. The van der Waals surface area contributed by atoms with Crippen LogP contribution in [0.2, 0.25) is 5.02 Å². The van der Waals surface area contributed by atoms with Crippen molar-refractivity contribution in [3.05, 3.63) is 58.2 Å². The predicted molar refractivity (Wildman–Crippen MR) is 75.2 cm³/mol. The highest BCUT2D eigenvalue weighted by Gasteiger charge is 2.18. The largest absolute Gasteiger partial charge is 0.352 e. The molecular weight excluding hydrogens is 244 g/mol. The fourth-order valence-electron chi connectivity index (χ4n) is 2.46. The number of aromatic nitrogens is 1. The van der Waals surface area contributed by atoms with Gasteiger partial charge in [-0.15, -0.1) is 0 Å². The first kappa shape index (κ1) is 11.5. The fourth-order valence-corrected chi connectivity index (χ4v) is 2.75. The van der Waals surface area contributed by atoms with E-state index in [9.17, 15) is 0 Å². The molecule has 3 heteroatoms. The molecule has 1 aromatic heterocycles. The number of anilines is 1. The average molecular weight is 259 g/mol. The summed E-state index contributed by atoms with van der Waals surface area (Å²) in [6.45, 7) is 3.90. The minimum Gasteiger partial charge on any atom is -0.352 e. The van der Waals surface area contributed by atoms with Gasteiger partial charge in [0.05, 0.1) is 0 Å². The molecule has 1 aliphatic rings. The molecule has 0 saturated carbocycles. The van der Waals surface area contributed by atoms with Gasteiger partial charge in [-0.2, -0.15) is 0 Å². The Hall–Kier alpha value is -1.54. The van der Waals surface area contributed by atoms with Gasteiger partial charge in [0.25, 0.3) is 0 Å². The summed E-state index contributed by atoms with van der Waals surface area (Å²) in [6.07, 6.45) is 0.991. The molecule has 1 aromatic carbocycles. The topological polar surface area (TPSA) is 16.1 Å². The second-order valence-electron chi connectivity index (χ2n) is 4.69. The Balaban J connectivity index is 1.91. The molecule has 0 bridgehead atoms. The molecule has 2 nitrogen and oxygen atoms in total. The maximum Gasteiger partial charge on any atom is 0.129 e. The molecule has 0 radical (unpaired) electrons. The summed E-state index contributed by atoms with van der Waals surface area (Å²) < 4.78 is 0. The van der Waals surface area contributed by atoms with Gasteiger partial charge in [0, 0.05) is 23.8 Å². The lowest BCUT2D eigenvalue weighted by Gasteiger charge is -2.30. The van der Waals surface area contributed by atoms with Gasteiger partial charge in [-0.05, 0) is 42.7 Å². The Morgan fingerprint density at radius 1 is 1.17 bits per heavy atom. The molecule has 2 heterocycles. The number of aryl methyl sites for hydroxylation is 1. The number of rotatable bonds is 1. The van der Waals surface area contributed by atoms with Gasteiger partial charge in [0.1, 0.15) is 5.82 Å². The fraction of sp³-hybridized carbons (Fsp3) is 0.267. The third kappa shape index (κ3) is 2.08. The van der Waals surface area contributed by atoms with Crippen molar-refractivity contribution in [3.8, 4) is 0 Å². The van der Waals surface area contributed by atoms with E-state index in [0.717, 1.165) is 36.0 Å². The standard InChI is InChI=1S/C15H15ClN2/c1-11-4-2-7-15(17-11)18-9-8-13-12(10-18)5-3-6-14(13)16/h2-7H,8-10H2,1H3. The van der Waals surface area contributed by atoms with Crippen LogP contribution in [-0.4, -0.2) is 11.5 Å². The van der Waals surface area contributed by atoms with Crippen molar-refractivity contribution in [2.75, 3.05) is 11.4 Å². The number of fused-ring (bicyclic) bond motifs is 1. The van der Waals surface area contributed by atoms with Crippen molar-refractivity contribution in [1.29, 1.82) is 0 Å².